The van der Waals surface area contributed by atoms with Gasteiger partial charge >= 0.3 is 0 Å². The molecule has 0 unspecified atom stereocenters. The minimum Gasteiger partial charge on any atom is -0.490 e. The quantitative estimate of drug-likeness (QED) is 0.384. The Bertz CT molecular complexity index is 1390. The summed E-state index contributed by atoms with van der Waals surface area (Å²) in [6.45, 7) is 6.92. The Morgan fingerprint density at radius 3 is 2.46 bits per heavy atom. The number of hydrogen-bond donors (Lipinski definition) is 1. The SMILES string of the molecule is Cc1ccc(N2CCC(Oc3ccn4cc(C(=O)NC5CCN(Cc6ccncc6)CC5)nc4c3)CC2)cc1. The Morgan fingerprint density at radius 1 is 0.974 bits per heavy atom. The smallest absolute Gasteiger partial charge is 0.271 e. The number of aryl methyl sites for hydroxylation is 1. The summed E-state index contributed by atoms with van der Waals surface area (Å²) in [5, 5.41) is 3.19. The maximum absolute atomic E-state index is 13.0. The van der Waals surface area contributed by atoms with Crippen LogP contribution in [-0.4, -0.2) is 63.5 Å². The molecule has 8 nitrogen and oxygen atoms in total. The van der Waals surface area contributed by atoms with E-state index in [0.717, 1.165) is 69.8 Å². The molecule has 0 bridgehead atoms. The third-order valence-electron chi connectivity index (χ3n) is 7.89. The number of fused-ring (bicyclic) bond motifs is 1. The first-order valence-corrected chi connectivity index (χ1v) is 14.0. The minimum atomic E-state index is -0.114. The second-order valence-corrected chi connectivity index (χ2v) is 10.8. The van der Waals surface area contributed by atoms with Crippen molar-refractivity contribution in [3.8, 4) is 5.75 Å². The molecule has 2 aliphatic heterocycles. The van der Waals surface area contributed by atoms with Crippen molar-refractivity contribution in [2.24, 2.45) is 0 Å². The van der Waals surface area contributed by atoms with Crippen molar-refractivity contribution in [2.45, 2.75) is 51.3 Å². The lowest BCUT2D eigenvalue weighted by atomic mass is 10.0. The van der Waals surface area contributed by atoms with Crippen molar-refractivity contribution in [3.05, 3.63) is 90.1 Å². The van der Waals surface area contributed by atoms with Crippen molar-refractivity contribution in [1.29, 1.82) is 0 Å². The van der Waals surface area contributed by atoms with E-state index in [1.165, 1.54) is 16.8 Å². The van der Waals surface area contributed by atoms with Crippen LogP contribution in [-0.2, 0) is 6.54 Å². The molecule has 202 valence electrons. The zero-order valence-corrected chi connectivity index (χ0v) is 22.5. The van der Waals surface area contributed by atoms with Gasteiger partial charge in [0.05, 0.1) is 0 Å². The van der Waals surface area contributed by atoms with E-state index in [-0.39, 0.29) is 18.1 Å². The van der Waals surface area contributed by atoms with Gasteiger partial charge in [-0.25, -0.2) is 4.98 Å². The molecular formula is C31H36N6O2. The van der Waals surface area contributed by atoms with Crippen LogP contribution in [0.25, 0.3) is 5.65 Å². The Morgan fingerprint density at radius 2 is 1.72 bits per heavy atom. The van der Waals surface area contributed by atoms with E-state index >= 15 is 0 Å². The third-order valence-corrected chi connectivity index (χ3v) is 7.89. The molecule has 5 heterocycles. The van der Waals surface area contributed by atoms with Gasteiger partial charge in [-0.2, -0.15) is 0 Å². The number of imidazole rings is 1. The van der Waals surface area contributed by atoms with E-state index in [2.05, 4.69) is 68.4 Å². The number of pyridine rings is 2. The number of nitrogens with one attached hydrogen (secondary N) is 1. The Balaban J connectivity index is 0.999. The Hall–Kier alpha value is -3.91. The van der Waals surface area contributed by atoms with Crippen LogP contribution in [0.15, 0.2) is 73.3 Å². The molecule has 0 aliphatic carbocycles. The molecular weight excluding hydrogens is 488 g/mol. The molecule has 2 saturated heterocycles. The van der Waals surface area contributed by atoms with E-state index in [9.17, 15) is 4.79 Å². The molecule has 0 radical (unpaired) electrons. The van der Waals surface area contributed by atoms with Gasteiger partial charge in [0, 0.05) is 88.1 Å². The average Bonchev–Trinajstić information content (AvgIpc) is 3.39. The Kier molecular flexibility index (Phi) is 7.45. The Labute approximate surface area is 229 Å². The molecule has 2 fully saturated rings. The van der Waals surface area contributed by atoms with Crippen LogP contribution in [0.4, 0.5) is 5.69 Å². The van der Waals surface area contributed by atoms with Gasteiger partial charge in [0.15, 0.2) is 0 Å². The largest absolute Gasteiger partial charge is 0.490 e. The van der Waals surface area contributed by atoms with Crippen molar-refractivity contribution >= 4 is 17.2 Å². The molecule has 2 aliphatic rings. The highest BCUT2D eigenvalue weighted by molar-refractivity contribution is 5.93. The number of piperidine rings is 2. The highest BCUT2D eigenvalue weighted by Crippen LogP contribution is 2.24. The number of rotatable bonds is 7. The van der Waals surface area contributed by atoms with Crippen LogP contribution in [0.1, 0.15) is 47.3 Å². The maximum Gasteiger partial charge on any atom is 0.271 e. The van der Waals surface area contributed by atoms with Crippen LogP contribution >= 0.6 is 0 Å². The topological polar surface area (TPSA) is 75.0 Å². The molecule has 3 aromatic heterocycles. The monoisotopic (exact) mass is 524 g/mol. The fourth-order valence-corrected chi connectivity index (χ4v) is 5.57. The molecule has 39 heavy (non-hydrogen) atoms. The standard InChI is InChI=1S/C31H36N6O2/c1-23-2-4-26(5-3-23)36-17-10-27(11-18-36)39-28-12-19-37-22-29(34-30(37)20-28)31(38)33-25-8-15-35(16-9-25)21-24-6-13-32-14-7-24/h2-7,12-14,19-20,22,25,27H,8-11,15-18,21H2,1H3,(H,33,38). The number of ether oxygens (including phenoxy) is 1. The van der Waals surface area contributed by atoms with Crippen LogP contribution in [0, 0.1) is 6.92 Å². The summed E-state index contributed by atoms with van der Waals surface area (Å²) < 4.78 is 8.21. The number of carbonyl (C=O) groups excluding carboxylic acids is 1. The van der Waals surface area contributed by atoms with E-state index in [4.69, 9.17) is 4.74 Å². The molecule has 1 amide bonds. The molecule has 8 heteroatoms. The number of nitrogens with zero attached hydrogens (tertiary/aromatic N) is 5. The molecule has 6 rings (SSSR count). The summed E-state index contributed by atoms with van der Waals surface area (Å²) >= 11 is 0. The van der Waals surface area contributed by atoms with Gasteiger partial charge < -0.3 is 19.4 Å². The zero-order valence-electron chi connectivity index (χ0n) is 22.5. The molecule has 1 aromatic carbocycles. The molecule has 4 aromatic rings. The van der Waals surface area contributed by atoms with Gasteiger partial charge in [0.2, 0.25) is 0 Å². The summed E-state index contributed by atoms with van der Waals surface area (Å²) in [6.07, 6.45) is 11.4. The van der Waals surface area contributed by atoms with Crippen molar-refractivity contribution in [1.82, 2.24) is 24.6 Å². The van der Waals surface area contributed by atoms with Crippen LogP contribution < -0.4 is 15.0 Å². The average molecular weight is 525 g/mol. The fourth-order valence-electron chi connectivity index (χ4n) is 5.57. The number of likely N-dealkylation sites (tertiary alicyclic amines) is 1. The second kappa shape index (κ2) is 11.5. The van der Waals surface area contributed by atoms with Crippen LogP contribution in [0.3, 0.4) is 0 Å². The predicted molar refractivity (Wildman–Crippen MR) is 152 cm³/mol. The third kappa shape index (κ3) is 6.23. The number of carbonyl (C=O) groups is 1. The van der Waals surface area contributed by atoms with Gasteiger partial charge in [-0.1, -0.05) is 17.7 Å². The van der Waals surface area contributed by atoms with Crippen molar-refractivity contribution in [3.63, 3.8) is 0 Å². The minimum absolute atomic E-state index is 0.114. The van der Waals surface area contributed by atoms with Gasteiger partial charge in [-0.15, -0.1) is 0 Å². The molecule has 0 spiro atoms. The number of aromatic nitrogens is 3. The van der Waals surface area contributed by atoms with Crippen LogP contribution in [0.2, 0.25) is 0 Å². The van der Waals surface area contributed by atoms with E-state index in [1.54, 1.807) is 6.20 Å². The first-order chi connectivity index (χ1) is 19.1. The summed E-state index contributed by atoms with van der Waals surface area (Å²) in [5.74, 6) is 0.688. The first-order valence-electron chi connectivity index (χ1n) is 14.0. The molecule has 0 atom stereocenters. The number of benzene rings is 1. The second-order valence-electron chi connectivity index (χ2n) is 10.8. The fraction of sp³-hybridized carbons (Fsp3) is 0.387. The summed E-state index contributed by atoms with van der Waals surface area (Å²) in [7, 11) is 0. The molecule has 0 saturated carbocycles. The van der Waals surface area contributed by atoms with Gasteiger partial charge in [0.25, 0.3) is 5.91 Å². The predicted octanol–water partition coefficient (Wildman–Crippen LogP) is 4.48. The zero-order chi connectivity index (χ0) is 26.6. The van der Waals surface area contributed by atoms with Crippen molar-refractivity contribution < 1.29 is 9.53 Å². The highest BCUT2D eigenvalue weighted by atomic mass is 16.5. The van der Waals surface area contributed by atoms with Crippen LogP contribution in [0.5, 0.6) is 5.75 Å². The van der Waals surface area contributed by atoms with E-state index in [0.29, 0.717) is 5.69 Å². The van der Waals surface area contributed by atoms with Gasteiger partial charge in [-0.05, 0) is 55.7 Å². The maximum atomic E-state index is 13.0. The molecule has 1 N–H and O–H groups in total. The normalized spacial score (nSPS) is 17.4. The van der Waals surface area contributed by atoms with Gasteiger partial charge in [0.1, 0.15) is 23.2 Å². The van der Waals surface area contributed by atoms with Gasteiger partial charge in [-0.3, -0.25) is 14.7 Å². The lowest BCUT2D eigenvalue weighted by Crippen LogP contribution is -2.44. The first kappa shape index (κ1) is 25.4. The van der Waals surface area contributed by atoms with E-state index < -0.39 is 0 Å². The number of amides is 1. The summed E-state index contributed by atoms with van der Waals surface area (Å²) in [6, 6.07) is 16.9. The number of anilines is 1. The lowest BCUT2D eigenvalue weighted by molar-refractivity contribution is 0.0904. The number of hydrogen-bond acceptors (Lipinski definition) is 6. The highest BCUT2D eigenvalue weighted by Gasteiger charge is 2.23. The van der Waals surface area contributed by atoms with Crippen molar-refractivity contribution in [2.75, 3.05) is 31.1 Å². The summed E-state index contributed by atoms with van der Waals surface area (Å²) in [4.78, 5) is 26.5. The summed E-state index contributed by atoms with van der Waals surface area (Å²) in [5.41, 5.74) is 5.00. The lowest BCUT2D eigenvalue weighted by Gasteiger charge is -2.33. The van der Waals surface area contributed by atoms with E-state index in [1.807, 2.05) is 35.1 Å².